The number of imide groups is 1. The van der Waals surface area contributed by atoms with E-state index in [9.17, 15) is 14.4 Å². The minimum absolute atomic E-state index is 0.0772. The van der Waals surface area contributed by atoms with E-state index in [-0.39, 0.29) is 17.3 Å². The molecule has 0 atom stereocenters. The Balaban J connectivity index is 1.79. The summed E-state index contributed by atoms with van der Waals surface area (Å²) in [6.45, 7) is 0.0772. The largest absolute Gasteiger partial charge is 0.493 e. The summed E-state index contributed by atoms with van der Waals surface area (Å²) >= 11 is 0.860. The van der Waals surface area contributed by atoms with Crippen LogP contribution in [-0.4, -0.2) is 41.3 Å². The molecule has 0 saturated carbocycles. The van der Waals surface area contributed by atoms with E-state index in [1.54, 1.807) is 36.4 Å². The Morgan fingerprint density at radius 3 is 2.36 bits per heavy atom. The van der Waals surface area contributed by atoms with E-state index < -0.39 is 11.9 Å². The second kappa shape index (κ2) is 8.18. The summed E-state index contributed by atoms with van der Waals surface area (Å²) in [5, 5.41) is 8.57. The van der Waals surface area contributed by atoms with Crippen LogP contribution in [0.4, 0.5) is 4.79 Å². The van der Waals surface area contributed by atoms with Gasteiger partial charge in [0.05, 0.1) is 31.2 Å². The summed E-state index contributed by atoms with van der Waals surface area (Å²) < 4.78 is 10.4. The predicted octanol–water partition coefficient (Wildman–Crippen LogP) is 3.64. The minimum Gasteiger partial charge on any atom is -0.493 e. The summed E-state index contributed by atoms with van der Waals surface area (Å²) in [7, 11) is 3.05. The average Bonchev–Trinajstić information content (AvgIpc) is 2.95. The fourth-order valence-corrected chi connectivity index (χ4v) is 3.50. The van der Waals surface area contributed by atoms with Crippen molar-refractivity contribution in [2.45, 2.75) is 6.54 Å². The van der Waals surface area contributed by atoms with Crippen molar-refractivity contribution in [2.24, 2.45) is 0 Å². The standard InChI is InChI=1S/C20H17NO6S/c1-26-15-8-5-13(9-16(15)27-2)10-17-18(22)21(20(25)28-17)11-12-3-6-14(7-4-12)19(23)24/h3-10H,11H2,1-2H3,(H,23,24)/b17-10-. The molecule has 7 nitrogen and oxygen atoms in total. The van der Waals surface area contributed by atoms with Crippen LogP contribution in [-0.2, 0) is 11.3 Å². The highest BCUT2D eigenvalue weighted by Crippen LogP contribution is 2.35. The van der Waals surface area contributed by atoms with Crippen LogP contribution in [0.3, 0.4) is 0 Å². The highest BCUT2D eigenvalue weighted by molar-refractivity contribution is 8.18. The second-order valence-electron chi connectivity index (χ2n) is 5.88. The zero-order valence-corrected chi connectivity index (χ0v) is 16.0. The topological polar surface area (TPSA) is 93.1 Å². The number of thioether (sulfide) groups is 1. The summed E-state index contributed by atoms with van der Waals surface area (Å²) in [6.07, 6.45) is 1.63. The maximum Gasteiger partial charge on any atom is 0.335 e. The predicted molar refractivity (Wildman–Crippen MR) is 104 cm³/mol. The molecule has 144 valence electrons. The lowest BCUT2D eigenvalue weighted by Gasteiger charge is -2.12. The normalized spacial score (nSPS) is 15.2. The summed E-state index contributed by atoms with van der Waals surface area (Å²) in [5.74, 6) is -0.339. The van der Waals surface area contributed by atoms with Crippen LogP contribution in [0, 0.1) is 0 Å². The monoisotopic (exact) mass is 399 g/mol. The quantitative estimate of drug-likeness (QED) is 0.741. The molecule has 0 aliphatic carbocycles. The molecule has 1 aliphatic rings. The van der Waals surface area contributed by atoms with Gasteiger partial charge in [0.1, 0.15) is 0 Å². The van der Waals surface area contributed by atoms with Crippen LogP contribution in [0.15, 0.2) is 47.4 Å². The summed E-state index contributed by atoms with van der Waals surface area (Å²) in [4.78, 5) is 37.3. The number of ether oxygens (including phenoxy) is 2. The van der Waals surface area contributed by atoms with Crippen molar-refractivity contribution >= 4 is 35.0 Å². The van der Waals surface area contributed by atoms with Crippen molar-refractivity contribution in [2.75, 3.05) is 14.2 Å². The molecular formula is C20H17NO6S. The Hall–Kier alpha value is -3.26. The molecule has 2 aromatic carbocycles. The lowest BCUT2D eigenvalue weighted by atomic mass is 10.1. The van der Waals surface area contributed by atoms with Crippen molar-refractivity contribution < 1.29 is 29.0 Å². The molecule has 1 heterocycles. The maximum atomic E-state index is 12.6. The number of rotatable bonds is 6. The van der Waals surface area contributed by atoms with Gasteiger partial charge in [-0.1, -0.05) is 18.2 Å². The zero-order chi connectivity index (χ0) is 20.3. The Kier molecular flexibility index (Phi) is 5.70. The molecule has 0 bridgehead atoms. The van der Waals surface area contributed by atoms with Gasteiger partial charge in [0.2, 0.25) is 0 Å². The lowest BCUT2D eigenvalue weighted by molar-refractivity contribution is -0.123. The van der Waals surface area contributed by atoms with Gasteiger partial charge < -0.3 is 14.6 Å². The molecule has 0 aromatic heterocycles. The molecule has 2 aromatic rings. The first-order chi connectivity index (χ1) is 13.4. The van der Waals surface area contributed by atoms with Crippen molar-refractivity contribution in [3.8, 4) is 11.5 Å². The van der Waals surface area contributed by atoms with Crippen LogP contribution >= 0.6 is 11.8 Å². The number of carbonyl (C=O) groups is 3. The number of nitrogens with zero attached hydrogens (tertiary/aromatic N) is 1. The van der Waals surface area contributed by atoms with Gasteiger partial charge in [-0.05, 0) is 53.2 Å². The maximum absolute atomic E-state index is 12.6. The van der Waals surface area contributed by atoms with Crippen molar-refractivity contribution in [1.82, 2.24) is 4.90 Å². The number of methoxy groups -OCH3 is 2. The Bertz CT molecular complexity index is 967. The van der Waals surface area contributed by atoms with E-state index in [4.69, 9.17) is 14.6 Å². The van der Waals surface area contributed by atoms with Gasteiger partial charge in [0.15, 0.2) is 11.5 Å². The average molecular weight is 399 g/mol. The van der Waals surface area contributed by atoms with Crippen LogP contribution in [0.25, 0.3) is 6.08 Å². The van der Waals surface area contributed by atoms with Crippen molar-refractivity contribution in [3.05, 3.63) is 64.1 Å². The van der Waals surface area contributed by atoms with Crippen LogP contribution in [0.5, 0.6) is 11.5 Å². The number of hydrogen-bond donors (Lipinski definition) is 1. The van der Waals surface area contributed by atoms with Gasteiger partial charge in [-0.2, -0.15) is 0 Å². The number of amides is 2. The van der Waals surface area contributed by atoms with Gasteiger partial charge >= 0.3 is 5.97 Å². The first kappa shape index (κ1) is 19.5. The molecule has 0 spiro atoms. The fourth-order valence-electron chi connectivity index (χ4n) is 2.67. The third-order valence-corrected chi connectivity index (χ3v) is 5.03. The van der Waals surface area contributed by atoms with E-state index in [2.05, 4.69) is 0 Å². The number of carbonyl (C=O) groups excluding carboxylic acids is 2. The minimum atomic E-state index is -1.03. The summed E-state index contributed by atoms with van der Waals surface area (Å²) in [6, 6.07) is 11.3. The molecule has 28 heavy (non-hydrogen) atoms. The first-order valence-corrected chi connectivity index (χ1v) is 9.04. The molecule has 0 radical (unpaired) electrons. The van der Waals surface area contributed by atoms with E-state index in [0.717, 1.165) is 16.7 Å². The van der Waals surface area contributed by atoms with E-state index >= 15 is 0 Å². The van der Waals surface area contributed by atoms with Crippen LogP contribution in [0.1, 0.15) is 21.5 Å². The molecule has 2 amide bonds. The Morgan fingerprint density at radius 2 is 1.75 bits per heavy atom. The molecule has 1 N–H and O–H groups in total. The molecule has 1 fully saturated rings. The highest BCUT2D eigenvalue weighted by Gasteiger charge is 2.35. The smallest absolute Gasteiger partial charge is 0.335 e. The number of hydrogen-bond acceptors (Lipinski definition) is 6. The number of aromatic carboxylic acids is 1. The van der Waals surface area contributed by atoms with Crippen LogP contribution in [0.2, 0.25) is 0 Å². The molecule has 1 saturated heterocycles. The van der Waals surface area contributed by atoms with Gasteiger partial charge in [-0.15, -0.1) is 0 Å². The van der Waals surface area contributed by atoms with Crippen molar-refractivity contribution in [3.63, 3.8) is 0 Å². The second-order valence-corrected chi connectivity index (χ2v) is 6.88. The highest BCUT2D eigenvalue weighted by atomic mass is 32.2. The zero-order valence-electron chi connectivity index (χ0n) is 15.2. The van der Waals surface area contributed by atoms with Gasteiger partial charge in [-0.25, -0.2) is 4.79 Å². The SMILES string of the molecule is COc1ccc(/C=C2\SC(=O)N(Cc3ccc(C(=O)O)cc3)C2=O)cc1OC. The van der Waals surface area contributed by atoms with Gasteiger partial charge in [-0.3, -0.25) is 14.5 Å². The third kappa shape index (κ3) is 4.01. The molecule has 1 aliphatic heterocycles. The van der Waals surface area contributed by atoms with Gasteiger partial charge in [0.25, 0.3) is 11.1 Å². The van der Waals surface area contributed by atoms with E-state index in [1.807, 2.05) is 0 Å². The number of benzene rings is 2. The third-order valence-electron chi connectivity index (χ3n) is 4.12. The molecule has 0 unspecified atom stereocenters. The fraction of sp³-hybridized carbons (Fsp3) is 0.150. The van der Waals surface area contributed by atoms with Crippen molar-refractivity contribution in [1.29, 1.82) is 0 Å². The van der Waals surface area contributed by atoms with Gasteiger partial charge in [0, 0.05) is 0 Å². The van der Waals surface area contributed by atoms with E-state index in [0.29, 0.717) is 27.5 Å². The molecule has 3 rings (SSSR count). The lowest BCUT2D eigenvalue weighted by Crippen LogP contribution is -2.27. The Morgan fingerprint density at radius 1 is 1.07 bits per heavy atom. The molecule has 8 heteroatoms. The first-order valence-electron chi connectivity index (χ1n) is 8.22. The van der Waals surface area contributed by atoms with Crippen LogP contribution < -0.4 is 9.47 Å². The Labute approximate surface area is 165 Å². The van der Waals surface area contributed by atoms with E-state index in [1.165, 1.54) is 26.4 Å². The number of carboxylic acids is 1. The molecular weight excluding hydrogens is 382 g/mol. The summed E-state index contributed by atoms with van der Waals surface area (Å²) in [5.41, 5.74) is 1.51. The number of carboxylic acid groups (broad SMARTS) is 1.